The van der Waals surface area contributed by atoms with E-state index in [0.29, 0.717) is 29.7 Å². The lowest BCUT2D eigenvalue weighted by Gasteiger charge is -2.16. The molecule has 0 spiro atoms. The first-order valence-corrected chi connectivity index (χ1v) is 11.7. The summed E-state index contributed by atoms with van der Waals surface area (Å²) >= 11 is 0. The van der Waals surface area contributed by atoms with E-state index in [2.05, 4.69) is 12.2 Å². The van der Waals surface area contributed by atoms with Gasteiger partial charge in [0, 0.05) is 5.69 Å². The van der Waals surface area contributed by atoms with Gasteiger partial charge in [0.05, 0.1) is 24.0 Å². The van der Waals surface area contributed by atoms with E-state index in [4.69, 9.17) is 14.5 Å². The van der Waals surface area contributed by atoms with Gasteiger partial charge in [-0.25, -0.2) is 4.98 Å². The average molecular weight is 469 g/mol. The fourth-order valence-electron chi connectivity index (χ4n) is 4.68. The average Bonchev–Trinajstić information content (AvgIpc) is 3.55. The van der Waals surface area contributed by atoms with Gasteiger partial charge in [0.15, 0.2) is 11.5 Å². The minimum absolute atomic E-state index is 0.0132. The summed E-state index contributed by atoms with van der Waals surface area (Å²) in [5, 5.41) is 2.93. The van der Waals surface area contributed by atoms with Gasteiger partial charge < -0.3 is 14.8 Å². The topological polar surface area (TPSA) is 85.7 Å². The molecule has 0 fully saturated rings. The molecule has 4 aromatic rings. The number of para-hydroxylation sites is 2. The fourth-order valence-corrected chi connectivity index (χ4v) is 4.68. The molecule has 0 bridgehead atoms. The smallest absolute Gasteiger partial charge is 0.253 e. The van der Waals surface area contributed by atoms with Crippen LogP contribution in [-0.2, 0) is 22.6 Å². The van der Waals surface area contributed by atoms with Gasteiger partial charge in [0.25, 0.3) is 5.91 Å². The molecule has 0 radical (unpaired) electrons. The lowest BCUT2D eigenvalue weighted by atomic mass is 10.1. The van der Waals surface area contributed by atoms with Crippen molar-refractivity contribution in [1.82, 2.24) is 9.55 Å². The van der Waals surface area contributed by atoms with Crippen LogP contribution in [0, 0.1) is 0 Å². The van der Waals surface area contributed by atoms with Crippen LogP contribution in [0.1, 0.15) is 30.5 Å². The molecule has 3 heterocycles. The molecule has 8 heteroatoms. The molecule has 1 atom stereocenters. The lowest BCUT2D eigenvalue weighted by molar-refractivity contribution is -0.124. The summed E-state index contributed by atoms with van der Waals surface area (Å²) in [5.74, 6) is 1.51. The highest BCUT2D eigenvalue weighted by Gasteiger charge is 2.41. The van der Waals surface area contributed by atoms with Crippen LogP contribution in [0.3, 0.4) is 0 Å². The van der Waals surface area contributed by atoms with Crippen molar-refractivity contribution in [2.75, 3.05) is 17.0 Å². The maximum atomic E-state index is 13.6. The van der Waals surface area contributed by atoms with E-state index in [0.717, 1.165) is 23.0 Å². The van der Waals surface area contributed by atoms with Crippen LogP contribution < -0.4 is 19.7 Å². The number of hydrogen-bond acceptors (Lipinski definition) is 5. The van der Waals surface area contributed by atoms with Crippen LogP contribution in [0.4, 0.5) is 11.6 Å². The first-order chi connectivity index (χ1) is 17.1. The normalized spacial score (nSPS) is 16.1. The van der Waals surface area contributed by atoms with E-state index >= 15 is 0 Å². The van der Waals surface area contributed by atoms with Crippen LogP contribution >= 0.6 is 0 Å². The van der Waals surface area contributed by atoms with Gasteiger partial charge in [-0.15, -0.1) is 0 Å². The summed E-state index contributed by atoms with van der Waals surface area (Å²) in [5.41, 5.74) is 4.41. The predicted octanol–water partition coefficient (Wildman–Crippen LogP) is 4.44. The molecule has 3 aromatic carbocycles. The highest BCUT2D eigenvalue weighted by molar-refractivity contribution is 6.05. The van der Waals surface area contributed by atoms with Gasteiger partial charge in [-0.2, -0.15) is 0 Å². The van der Waals surface area contributed by atoms with Gasteiger partial charge in [0.1, 0.15) is 6.04 Å². The summed E-state index contributed by atoms with van der Waals surface area (Å²) in [7, 11) is 0. The van der Waals surface area contributed by atoms with Crippen molar-refractivity contribution >= 4 is 34.5 Å². The Bertz CT molecular complexity index is 1440. The van der Waals surface area contributed by atoms with E-state index in [1.54, 1.807) is 4.90 Å². The van der Waals surface area contributed by atoms with Gasteiger partial charge in [-0.1, -0.05) is 37.3 Å². The minimum Gasteiger partial charge on any atom is -0.454 e. The zero-order valence-electron chi connectivity index (χ0n) is 19.2. The number of hydrogen-bond donors (Lipinski definition) is 1. The number of aromatic nitrogens is 2. The highest BCUT2D eigenvalue weighted by Crippen LogP contribution is 2.39. The Morgan fingerprint density at radius 1 is 1.03 bits per heavy atom. The summed E-state index contributed by atoms with van der Waals surface area (Å²) < 4.78 is 12.8. The number of rotatable bonds is 6. The summed E-state index contributed by atoms with van der Waals surface area (Å²) in [6, 6.07) is 20.4. The molecule has 1 N–H and O–H groups in total. The highest BCUT2D eigenvalue weighted by atomic mass is 16.7. The van der Waals surface area contributed by atoms with Crippen molar-refractivity contribution < 1.29 is 19.1 Å². The molecular weight excluding hydrogens is 444 g/mol. The van der Waals surface area contributed by atoms with Crippen LogP contribution in [0.15, 0.2) is 66.7 Å². The first kappa shape index (κ1) is 21.2. The van der Waals surface area contributed by atoms with Crippen molar-refractivity contribution in [2.24, 2.45) is 0 Å². The Hall–Kier alpha value is -4.33. The number of nitrogens with one attached hydrogen (secondary N) is 1. The fraction of sp³-hybridized carbons (Fsp3) is 0.222. The van der Waals surface area contributed by atoms with E-state index < -0.39 is 6.04 Å². The SMILES string of the molecule is CCc1ccc(NC(=O)CC2C(=O)N(Cc3ccc4c(c3)OCO4)c3nc4ccccc4n32)cc1. The van der Waals surface area contributed by atoms with Crippen molar-refractivity contribution in [3.05, 3.63) is 77.9 Å². The minimum atomic E-state index is -0.679. The van der Waals surface area contributed by atoms with Gasteiger partial charge in [0.2, 0.25) is 18.6 Å². The molecular formula is C27H24N4O4. The summed E-state index contributed by atoms with van der Waals surface area (Å²) in [4.78, 5) is 33.0. The standard InChI is InChI=1S/C27H24N4O4/c1-2-17-7-10-19(11-8-17)28-25(32)14-22-26(33)30(15-18-9-12-23-24(13-18)35-16-34-23)27-29-20-5-3-4-6-21(20)31(22)27/h3-13,22H,2,14-16H2,1H3,(H,28,32). The Labute approximate surface area is 202 Å². The molecule has 35 heavy (non-hydrogen) atoms. The summed E-state index contributed by atoms with van der Waals surface area (Å²) in [6.45, 7) is 2.59. The third-order valence-corrected chi connectivity index (χ3v) is 6.48. The zero-order valence-corrected chi connectivity index (χ0v) is 19.2. The molecule has 6 rings (SSSR count). The first-order valence-electron chi connectivity index (χ1n) is 11.7. The van der Waals surface area contributed by atoms with Crippen molar-refractivity contribution in [3.63, 3.8) is 0 Å². The molecule has 2 aliphatic rings. The third-order valence-electron chi connectivity index (χ3n) is 6.48. The molecule has 0 aliphatic carbocycles. The lowest BCUT2D eigenvalue weighted by Crippen LogP contribution is -2.31. The number of carbonyl (C=O) groups excluding carboxylic acids is 2. The number of anilines is 2. The van der Waals surface area contributed by atoms with Gasteiger partial charge in [-0.3, -0.25) is 19.1 Å². The maximum Gasteiger partial charge on any atom is 0.253 e. The number of carbonyl (C=O) groups is 2. The molecule has 8 nitrogen and oxygen atoms in total. The Kier molecular flexibility index (Phi) is 5.13. The number of amides is 2. The van der Waals surface area contributed by atoms with Crippen LogP contribution in [-0.4, -0.2) is 28.2 Å². The monoisotopic (exact) mass is 468 g/mol. The number of ether oxygens (including phenoxy) is 2. The number of nitrogens with zero attached hydrogens (tertiary/aromatic N) is 3. The van der Waals surface area contributed by atoms with E-state index in [-0.39, 0.29) is 25.0 Å². The molecule has 1 unspecified atom stereocenters. The van der Waals surface area contributed by atoms with Crippen molar-refractivity contribution in [3.8, 4) is 11.5 Å². The van der Waals surface area contributed by atoms with Crippen LogP contribution in [0.5, 0.6) is 11.5 Å². The molecule has 176 valence electrons. The Morgan fingerprint density at radius 3 is 2.63 bits per heavy atom. The van der Waals surface area contributed by atoms with Crippen LogP contribution in [0.25, 0.3) is 11.0 Å². The Morgan fingerprint density at radius 2 is 1.80 bits per heavy atom. The molecule has 0 saturated heterocycles. The molecule has 2 amide bonds. The molecule has 1 aromatic heterocycles. The second-order valence-corrected chi connectivity index (χ2v) is 8.70. The van der Waals surface area contributed by atoms with Crippen LogP contribution in [0.2, 0.25) is 0 Å². The largest absolute Gasteiger partial charge is 0.454 e. The van der Waals surface area contributed by atoms with Gasteiger partial charge >= 0.3 is 0 Å². The number of imidazole rings is 1. The zero-order chi connectivity index (χ0) is 23.9. The Balaban J connectivity index is 1.29. The third kappa shape index (κ3) is 3.77. The van der Waals surface area contributed by atoms with E-state index in [1.165, 1.54) is 5.56 Å². The summed E-state index contributed by atoms with van der Waals surface area (Å²) in [6.07, 6.45) is 0.944. The molecule has 2 aliphatic heterocycles. The maximum absolute atomic E-state index is 13.6. The second-order valence-electron chi connectivity index (χ2n) is 8.70. The molecule has 0 saturated carbocycles. The van der Waals surface area contributed by atoms with Crippen molar-refractivity contribution in [1.29, 1.82) is 0 Å². The number of aryl methyl sites for hydroxylation is 1. The van der Waals surface area contributed by atoms with Gasteiger partial charge in [-0.05, 0) is 53.9 Å². The quantitative estimate of drug-likeness (QED) is 0.452. The van der Waals surface area contributed by atoms with Crippen molar-refractivity contribution in [2.45, 2.75) is 32.4 Å². The van der Waals surface area contributed by atoms with E-state index in [1.807, 2.05) is 71.3 Å². The van der Waals surface area contributed by atoms with E-state index in [9.17, 15) is 9.59 Å². The number of benzene rings is 3. The second kappa shape index (κ2) is 8.47. The number of fused-ring (bicyclic) bond motifs is 4. The predicted molar refractivity (Wildman–Crippen MR) is 132 cm³/mol.